The normalized spacial score (nSPS) is 15.0. The van der Waals surface area contributed by atoms with Gasteiger partial charge in [0.15, 0.2) is 0 Å². The number of anilines is 2. The molecule has 198 valence electrons. The number of fused-ring (bicyclic) bond motifs is 1. The fourth-order valence-corrected chi connectivity index (χ4v) is 5.00. The van der Waals surface area contributed by atoms with Crippen LogP contribution in [0.4, 0.5) is 11.4 Å². The highest BCUT2D eigenvalue weighted by molar-refractivity contribution is 7.92. The molecule has 0 saturated heterocycles. The lowest BCUT2D eigenvalue weighted by atomic mass is 9.92. The first-order valence-corrected chi connectivity index (χ1v) is 13.8. The van der Waals surface area contributed by atoms with Crippen LogP contribution < -0.4 is 10.0 Å². The zero-order valence-electron chi connectivity index (χ0n) is 21.5. The number of hydrogen-bond acceptors (Lipinski definition) is 5. The standard InChI is InChI=1S/C26H35N3O5S.ClH/c1-6-7-8-9-24(30)29-15-20-13-21(28-35(5,33)34)11-10-19(20)14-23(29)26(32)27-22-12-16(2)25(31)18(4)17(22)3;/h10-13,23,28,31H,6-9,14-15H2,1-5H3,(H,27,32);1H/t23-;/m0./s1. The van der Waals surface area contributed by atoms with Gasteiger partial charge in [-0.05, 0) is 73.2 Å². The number of carbonyl (C=O) groups is 2. The van der Waals surface area contributed by atoms with Crippen LogP contribution in [0, 0.1) is 20.8 Å². The van der Waals surface area contributed by atoms with Gasteiger partial charge in [0.2, 0.25) is 21.8 Å². The van der Waals surface area contributed by atoms with E-state index in [1.165, 1.54) is 0 Å². The number of hydrogen-bond donors (Lipinski definition) is 3. The molecule has 0 fully saturated rings. The zero-order valence-corrected chi connectivity index (χ0v) is 23.1. The Bertz CT molecular complexity index is 1250. The van der Waals surface area contributed by atoms with E-state index in [1.807, 2.05) is 13.0 Å². The maximum Gasteiger partial charge on any atom is 0.247 e. The maximum absolute atomic E-state index is 13.5. The molecule has 2 aromatic rings. The molecule has 8 nitrogen and oxygen atoms in total. The monoisotopic (exact) mass is 537 g/mol. The van der Waals surface area contributed by atoms with Crippen LogP contribution in [0.15, 0.2) is 24.3 Å². The highest BCUT2D eigenvalue weighted by atomic mass is 35.5. The molecule has 0 saturated carbocycles. The number of phenols is 1. The molecule has 1 heterocycles. The first kappa shape index (κ1) is 29.5. The lowest BCUT2D eigenvalue weighted by Gasteiger charge is -2.36. The second kappa shape index (κ2) is 12.0. The lowest BCUT2D eigenvalue weighted by molar-refractivity contribution is -0.140. The van der Waals surface area contributed by atoms with Gasteiger partial charge < -0.3 is 15.3 Å². The molecule has 0 unspecified atom stereocenters. The van der Waals surface area contributed by atoms with Gasteiger partial charge in [0.25, 0.3) is 0 Å². The van der Waals surface area contributed by atoms with Crippen molar-refractivity contribution in [3.05, 3.63) is 52.1 Å². The summed E-state index contributed by atoms with van der Waals surface area (Å²) < 4.78 is 25.8. The van der Waals surface area contributed by atoms with Crippen LogP contribution in [0.5, 0.6) is 5.75 Å². The summed E-state index contributed by atoms with van der Waals surface area (Å²) in [5.41, 5.74) is 4.90. The highest BCUT2D eigenvalue weighted by Crippen LogP contribution is 2.32. The maximum atomic E-state index is 13.5. The predicted molar refractivity (Wildman–Crippen MR) is 145 cm³/mol. The van der Waals surface area contributed by atoms with E-state index in [9.17, 15) is 23.1 Å². The van der Waals surface area contributed by atoms with Crippen LogP contribution in [-0.4, -0.2) is 42.5 Å². The van der Waals surface area contributed by atoms with Crippen molar-refractivity contribution in [3.63, 3.8) is 0 Å². The highest BCUT2D eigenvalue weighted by Gasteiger charge is 2.35. The van der Waals surface area contributed by atoms with Crippen molar-refractivity contribution >= 4 is 45.6 Å². The molecule has 1 aliphatic rings. The minimum Gasteiger partial charge on any atom is -0.507 e. The molecule has 0 aliphatic carbocycles. The van der Waals surface area contributed by atoms with Gasteiger partial charge in [-0.25, -0.2) is 8.42 Å². The molecule has 2 amide bonds. The van der Waals surface area contributed by atoms with E-state index in [0.717, 1.165) is 42.2 Å². The van der Waals surface area contributed by atoms with Crippen molar-refractivity contribution in [3.8, 4) is 5.75 Å². The van der Waals surface area contributed by atoms with E-state index in [0.29, 0.717) is 35.3 Å². The number of nitrogens with zero attached hydrogens (tertiary/aromatic N) is 1. The van der Waals surface area contributed by atoms with Crippen molar-refractivity contribution in [1.82, 2.24) is 4.90 Å². The van der Waals surface area contributed by atoms with Crippen LogP contribution in [0.3, 0.4) is 0 Å². The summed E-state index contributed by atoms with van der Waals surface area (Å²) in [6, 6.07) is 6.25. The number of benzene rings is 2. The molecule has 1 atom stereocenters. The summed E-state index contributed by atoms with van der Waals surface area (Å²) in [6.45, 7) is 7.71. The Balaban J connectivity index is 0.00000456. The van der Waals surface area contributed by atoms with Crippen molar-refractivity contribution in [2.75, 3.05) is 16.3 Å². The van der Waals surface area contributed by atoms with Gasteiger partial charge in [0, 0.05) is 30.8 Å². The molecule has 2 aromatic carbocycles. The number of halogens is 1. The predicted octanol–water partition coefficient (Wildman–Crippen LogP) is 4.58. The van der Waals surface area contributed by atoms with E-state index in [4.69, 9.17) is 0 Å². The summed E-state index contributed by atoms with van der Waals surface area (Å²) in [4.78, 5) is 28.3. The number of unbranched alkanes of at least 4 members (excludes halogenated alkanes) is 2. The topological polar surface area (TPSA) is 116 Å². The Kier molecular flexibility index (Phi) is 9.79. The lowest BCUT2D eigenvalue weighted by Crippen LogP contribution is -2.50. The fraction of sp³-hybridized carbons (Fsp3) is 0.462. The summed E-state index contributed by atoms with van der Waals surface area (Å²) in [6.07, 6.45) is 4.43. The van der Waals surface area contributed by atoms with Crippen LogP contribution in [0.1, 0.15) is 60.4 Å². The molecule has 36 heavy (non-hydrogen) atoms. The first-order chi connectivity index (χ1) is 16.4. The molecule has 0 spiro atoms. The Morgan fingerprint density at radius 1 is 1.08 bits per heavy atom. The van der Waals surface area contributed by atoms with Crippen LogP contribution in [0.25, 0.3) is 0 Å². The van der Waals surface area contributed by atoms with Crippen molar-refractivity contribution in [2.45, 2.75) is 72.4 Å². The Morgan fingerprint density at radius 3 is 2.42 bits per heavy atom. The number of amides is 2. The minimum absolute atomic E-state index is 0. The average molecular weight is 538 g/mol. The number of rotatable bonds is 8. The third-order valence-corrected chi connectivity index (χ3v) is 7.18. The van der Waals surface area contributed by atoms with Crippen LogP contribution >= 0.6 is 12.4 Å². The molecular weight excluding hydrogens is 502 g/mol. The van der Waals surface area contributed by atoms with E-state index in [2.05, 4.69) is 17.0 Å². The minimum atomic E-state index is -3.43. The van der Waals surface area contributed by atoms with E-state index in [1.54, 1.807) is 36.9 Å². The Labute approximate surface area is 219 Å². The van der Waals surface area contributed by atoms with Gasteiger partial charge in [-0.1, -0.05) is 25.8 Å². The largest absolute Gasteiger partial charge is 0.507 e. The van der Waals surface area contributed by atoms with Gasteiger partial charge in [-0.2, -0.15) is 0 Å². The third kappa shape index (κ3) is 6.91. The average Bonchev–Trinajstić information content (AvgIpc) is 2.79. The second-order valence-electron chi connectivity index (χ2n) is 9.39. The summed E-state index contributed by atoms with van der Waals surface area (Å²) in [7, 11) is -3.43. The van der Waals surface area contributed by atoms with E-state index < -0.39 is 16.1 Å². The van der Waals surface area contributed by atoms with Crippen molar-refractivity contribution < 1.29 is 23.1 Å². The Hall–Kier alpha value is -2.78. The van der Waals surface area contributed by atoms with Crippen LogP contribution in [0.2, 0.25) is 0 Å². The number of phenolic OH excluding ortho intramolecular Hbond substituents is 1. The molecule has 3 rings (SSSR count). The molecule has 0 aromatic heterocycles. The number of carbonyl (C=O) groups excluding carboxylic acids is 2. The van der Waals surface area contributed by atoms with Crippen molar-refractivity contribution in [2.24, 2.45) is 0 Å². The summed E-state index contributed by atoms with van der Waals surface area (Å²) in [5.74, 6) is -0.177. The van der Waals surface area contributed by atoms with Crippen molar-refractivity contribution in [1.29, 1.82) is 0 Å². The van der Waals surface area contributed by atoms with Gasteiger partial charge in [-0.15, -0.1) is 12.4 Å². The van der Waals surface area contributed by atoms with Gasteiger partial charge in [0.05, 0.1) is 6.26 Å². The number of aryl methyl sites for hydroxylation is 1. The summed E-state index contributed by atoms with van der Waals surface area (Å²) >= 11 is 0. The SMILES string of the molecule is CCCCCC(=O)N1Cc2cc(NS(C)(=O)=O)ccc2C[C@H]1C(=O)Nc1cc(C)c(O)c(C)c1C.Cl. The number of nitrogens with one attached hydrogen (secondary N) is 2. The van der Waals surface area contributed by atoms with Gasteiger partial charge in [0.1, 0.15) is 11.8 Å². The van der Waals surface area contributed by atoms with E-state index in [-0.39, 0.29) is 36.5 Å². The fourth-order valence-electron chi connectivity index (χ4n) is 4.44. The molecular formula is C26H36ClN3O5S. The molecule has 10 heteroatoms. The summed E-state index contributed by atoms with van der Waals surface area (Å²) in [5, 5.41) is 13.2. The molecule has 0 radical (unpaired) electrons. The zero-order chi connectivity index (χ0) is 25.9. The molecule has 0 bridgehead atoms. The second-order valence-corrected chi connectivity index (χ2v) is 11.1. The third-order valence-electron chi connectivity index (χ3n) is 6.57. The van der Waals surface area contributed by atoms with Gasteiger partial charge >= 0.3 is 0 Å². The Morgan fingerprint density at radius 2 is 1.78 bits per heavy atom. The quantitative estimate of drug-likeness (QED) is 0.336. The van der Waals surface area contributed by atoms with Crippen LogP contribution in [-0.2, 0) is 32.6 Å². The van der Waals surface area contributed by atoms with Gasteiger partial charge in [-0.3, -0.25) is 14.3 Å². The smallest absolute Gasteiger partial charge is 0.247 e. The molecule has 1 aliphatic heterocycles. The number of sulfonamides is 1. The number of aromatic hydroxyl groups is 1. The first-order valence-electron chi connectivity index (χ1n) is 11.9. The van der Waals surface area contributed by atoms with E-state index >= 15 is 0 Å². The molecule has 3 N–H and O–H groups in total.